The number of rotatable bonds is 3. The SMILES string of the molecule is Cn1cc(C(=O)N2C[C@@H](C(=O)O)[C@H](c3ccc4c(c3)OCO4)C2)ccc1=O. The number of carboxylic acids is 1. The number of fused-ring (bicyclic) bond motifs is 1. The highest BCUT2D eigenvalue weighted by atomic mass is 16.7. The van der Waals surface area contributed by atoms with E-state index in [1.807, 2.05) is 6.07 Å². The lowest BCUT2D eigenvalue weighted by molar-refractivity contribution is -0.141. The third-order valence-corrected chi connectivity index (χ3v) is 5.08. The highest BCUT2D eigenvalue weighted by Crippen LogP contribution is 2.39. The number of nitrogens with zero attached hydrogens (tertiary/aromatic N) is 2. The summed E-state index contributed by atoms with van der Waals surface area (Å²) in [4.78, 5) is 37.6. The Kier molecular flexibility index (Phi) is 4.10. The lowest BCUT2D eigenvalue weighted by atomic mass is 9.89. The molecule has 1 amide bonds. The molecule has 140 valence electrons. The van der Waals surface area contributed by atoms with Gasteiger partial charge in [0.15, 0.2) is 11.5 Å². The van der Waals surface area contributed by atoms with Crippen LogP contribution in [-0.4, -0.2) is 46.3 Å². The van der Waals surface area contributed by atoms with Crippen molar-refractivity contribution in [2.75, 3.05) is 19.9 Å². The van der Waals surface area contributed by atoms with Gasteiger partial charge in [-0.15, -0.1) is 0 Å². The van der Waals surface area contributed by atoms with Gasteiger partial charge < -0.3 is 24.0 Å². The minimum Gasteiger partial charge on any atom is -0.481 e. The van der Waals surface area contributed by atoms with Gasteiger partial charge in [0.1, 0.15) is 0 Å². The number of aryl methyl sites for hydroxylation is 1. The number of hydrogen-bond acceptors (Lipinski definition) is 5. The number of benzene rings is 1. The maximum Gasteiger partial charge on any atom is 0.308 e. The van der Waals surface area contributed by atoms with E-state index in [1.54, 1.807) is 19.2 Å². The van der Waals surface area contributed by atoms with Gasteiger partial charge in [0.2, 0.25) is 12.4 Å². The Morgan fingerprint density at radius 2 is 1.89 bits per heavy atom. The third kappa shape index (κ3) is 3.03. The molecule has 1 saturated heterocycles. The van der Waals surface area contributed by atoms with Gasteiger partial charge in [0.25, 0.3) is 5.91 Å². The number of aliphatic carboxylic acids is 1. The van der Waals surface area contributed by atoms with Crippen LogP contribution < -0.4 is 15.0 Å². The molecule has 27 heavy (non-hydrogen) atoms. The monoisotopic (exact) mass is 370 g/mol. The van der Waals surface area contributed by atoms with Gasteiger partial charge in [-0.3, -0.25) is 14.4 Å². The number of pyridine rings is 1. The number of carbonyl (C=O) groups is 2. The maximum absolute atomic E-state index is 12.8. The molecule has 0 saturated carbocycles. The summed E-state index contributed by atoms with van der Waals surface area (Å²) in [5.74, 6) is -1.11. The second-order valence-electron chi connectivity index (χ2n) is 6.74. The molecule has 8 nitrogen and oxygen atoms in total. The standard InChI is InChI=1S/C19H18N2O6/c1-20-7-12(3-5-17(20)22)18(23)21-8-13(14(9-21)19(24)25)11-2-4-15-16(6-11)27-10-26-15/h2-7,13-14H,8-10H2,1H3,(H,24,25)/t13-,14+/m0/s1. The Bertz CT molecular complexity index is 982. The molecule has 8 heteroatoms. The summed E-state index contributed by atoms with van der Waals surface area (Å²) in [5.41, 5.74) is 0.935. The summed E-state index contributed by atoms with van der Waals surface area (Å²) in [6.07, 6.45) is 1.47. The van der Waals surface area contributed by atoms with Gasteiger partial charge in [0.05, 0.1) is 11.5 Å². The fourth-order valence-electron chi connectivity index (χ4n) is 3.60. The van der Waals surface area contributed by atoms with Crippen molar-refractivity contribution in [3.8, 4) is 11.5 Å². The number of ether oxygens (including phenoxy) is 2. The van der Waals surface area contributed by atoms with Gasteiger partial charge in [0, 0.05) is 38.3 Å². The zero-order valence-corrected chi connectivity index (χ0v) is 14.6. The van der Waals surface area contributed by atoms with Gasteiger partial charge in [-0.05, 0) is 23.8 Å². The van der Waals surface area contributed by atoms with E-state index < -0.39 is 11.9 Å². The van der Waals surface area contributed by atoms with Crippen LogP contribution in [-0.2, 0) is 11.8 Å². The topological polar surface area (TPSA) is 98.1 Å². The molecule has 1 fully saturated rings. The zero-order valence-electron chi connectivity index (χ0n) is 14.6. The Morgan fingerprint density at radius 1 is 1.11 bits per heavy atom. The van der Waals surface area contributed by atoms with E-state index in [2.05, 4.69) is 0 Å². The number of likely N-dealkylation sites (tertiary alicyclic amines) is 1. The number of aromatic nitrogens is 1. The summed E-state index contributed by atoms with van der Waals surface area (Å²) in [7, 11) is 1.57. The lowest BCUT2D eigenvalue weighted by Gasteiger charge is -2.17. The Hall–Kier alpha value is -3.29. The molecular weight excluding hydrogens is 352 g/mol. The molecule has 2 aliphatic heterocycles. The van der Waals surface area contributed by atoms with E-state index in [9.17, 15) is 19.5 Å². The molecule has 1 aromatic carbocycles. The average molecular weight is 370 g/mol. The highest BCUT2D eigenvalue weighted by molar-refractivity contribution is 5.94. The first-order valence-electron chi connectivity index (χ1n) is 8.52. The number of carbonyl (C=O) groups excluding carboxylic acids is 1. The van der Waals surface area contributed by atoms with Gasteiger partial charge in [-0.2, -0.15) is 0 Å². The molecule has 0 unspecified atom stereocenters. The van der Waals surface area contributed by atoms with Crippen molar-refractivity contribution in [2.24, 2.45) is 13.0 Å². The zero-order chi connectivity index (χ0) is 19.1. The minimum absolute atomic E-state index is 0.107. The van der Waals surface area contributed by atoms with Crippen LogP contribution in [0.25, 0.3) is 0 Å². The van der Waals surface area contributed by atoms with E-state index in [1.165, 1.54) is 27.8 Å². The van der Waals surface area contributed by atoms with Crippen molar-refractivity contribution in [2.45, 2.75) is 5.92 Å². The van der Waals surface area contributed by atoms with E-state index in [0.717, 1.165) is 5.56 Å². The molecule has 2 aliphatic rings. The Morgan fingerprint density at radius 3 is 2.63 bits per heavy atom. The number of hydrogen-bond donors (Lipinski definition) is 1. The van der Waals surface area contributed by atoms with Crippen LogP contribution in [0.3, 0.4) is 0 Å². The molecule has 2 aromatic rings. The summed E-state index contributed by atoms with van der Waals surface area (Å²) < 4.78 is 12.0. The summed E-state index contributed by atoms with van der Waals surface area (Å²) in [5, 5.41) is 9.65. The van der Waals surface area contributed by atoms with Crippen molar-refractivity contribution in [1.29, 1.82) is 0 Å². The second kappa shape index (κ2) is 6.46. The first kappa shape index (κ1) is 17.1. The third-order valence-electron chi connectivity index (χ3n) is 5.08. The van der Waals surface area contributed by atoms with Crippen LogP contribution in [0.4, 0.5) is 0 Å². The van der Waals surface area contributed by atoms with E-state index in [-0.39, 0.29) is 37.3 Å². The van der Waals surface area contributed by atoms with Crippen LogP contribution in [0.15, 0.2) is 41.3 Å². The van der Waals surface area contributed by atoms with Crippen LogP contribution in [0, 0.1) is 5.92 Å². The first-order valence-corrected chi connectivity index (χ1v) is 8.52. The lowest BCUT2D eigenvalue weighted by Crippen LogP contribution is -2.31. The fraction of sp³-hybridized carbons (Fsp3) is 0.316. The molecule has 4 rings (SSSR count). The predicted octanol–water partition coefficient (Wildman–Crippen LogP) is 1.05. The van der Waals surface area contributed by atoms with E-state index in [0.29, 0.717) is 17.1 Å². The van der Waals surface area contributed by atoms with Crippen LogP contribution in [0.5, 0.6) is 11.5 Å². The summed E-state index contributed by atoms with van der Waals surface area (Å²) in [6, 6.07) is 8.15. The van der Waals surface area contributed by atoms with Gasteiger partial charge >= 0.3 is 5.97 Å². The molecular formula is C19H18N2O6. The van der Waals surface area contributed by atoms with Crippen LogP contribution >= 0.6 is 0 Å². The molecule has 0 bridgehead atoms. The van der Waals surface area contributed by atoms with Gasteiger partial charge in [-0.25, -0.2) is 0 Å². The van der Waals surface area contributed by atoms with Crippen molar-refractivity contribution in [1.82, 2.24) is 9.47 Å². The average Bonchev–Trinajstić information content (AvgIpc) is 3.29. The highest BCUT2D eigenvalue weighted by Gasteiger charge is 2.41. The Balaban J connectivity index is 1.62. The quantitative estimate of drug-likeness (QED) is 0.867. The molecule has 1 N–H and O–H groups in total. The molecule has 0 aliphatic carbocycles. The normalized spacial score (nSPS) is 20.7. The van der Waals surface area contributed by atoms with E-state index >= 15 is 0 Å². The molecule has 3 heterocycles. The predicted molar refractivity (Wildman–Crippen MR) is 94.0 cm³/mol. The number of amides is 1. The van der Waals surface area contributed by atoms with E-state index in [4.69, 9.17) is 9.47 Å². The molecule has 2 atom stereocenters. The smallest absolute Gasteiger partial charge is 0.308 e. The second-order valence-corrected chi connectivity index (χ2v) is 6.74. The summed E-state index contributed by atoms with van der Waals surface area (Å²) in [6.45, 7) is 0.525. The number of carboxylic acid groups (broad SMARTS) is 1. The molecule has 1 aromatic heterocycles. The molecule has 0 radical (unpaired) electrons. The van der Waals surface area contributed by atoms with Crippen LogP contribution in [0.2, 0.25) is 0 Å². The van der Waals surface area contributed by atoms with Crippen molar-refractivity contribution < 1.29 is 24.2 Å². The largest absolute Gasteiger partial charge is 0.481 e. The fourth-order valence-corrected chi connectivity index (χ4v) is 3.60. The van der Waals surface area contributed by atoms with Crippen molar-refractivity contribution in [3.05, 3.63) is 58.0 Å². The maximum atomic E-state index is 12.8. The molecule has 0 spiro atoms. The summed E-state index contributed by atoms with van der Waals surface area (Å²) >= 11 is 0. The first-order chi connectivity index (χ1) is 12.9. The van der Waals surface area contributed by atoms with Crippen molar-refractivity contribution in [3.63, 3.8) is 0 Å². The minimum atomic E-state index is -0.951. The van der Waals surface area contributed by atoms with Gasteiger partial charge in [-0.1, -0.05) is 6.07 Å². The van der Waals surface area contributed by atoms with Crippen LogP contribution in [0.1, 0.15) is 21.8 Å². The Labute approximate surface area is 154 Å². The van der Waals surface area contributed by atoms with Crippen molar-refractivity contribution >= 4 is 11.9 Å².